The van der Waals surface area contributed by atoms with Gasteiger partial charge in [-0.05, 0) is 25.2 Å². The van der Waals surface area contributed by atoms with Crippen LogP contribution in [0.25, 0.3) is 0 Å². The van der Waals surface area contributed by atoms with Gasteiger partial charge in [0.15, 0.2) is 0 Å². The molecule has 1 fully saturated rings. The van der Waals surface area contributed by atoms with Gasteiger partial charge in [0.1, 0.15) is 0 Å². The van der Waals surface area contributed by atoms with Gasteiger partial charge in [0, 0.05) is 25.2 Å². The second-order valence-electron chi connectivity index (χ2n) is 5.23. The average molecular weight is 228 g/mol. The summed E-state index contributed by atoms with van der Waals surface area (Å²) in [6, 6.07) is 1.07. The molecule has 1 aliphatic rings. The van der Waals surface area contributed by atoms with Crippen LogP contribution >= 0.6 is 0 Å². The number of piperazine rings is 1. The summed E-state index contributed by atoms with van der Waals surface area (Å²) in [5.41, 5.74) is 0. The van der Waals surface area contributed by atoms with E-state index >= 15 is 0 Å². The van der Waals surface area contributed by atoms with E-state index in [0.717, 1.165) is 25.9 Å². The van der Waals surface area contributed by atoms with Crippen molar-refractivity contribution in [3.63, 3.8) is 0 Å². The first kappa shape index (κ1) is 13.9. The van der Waals surface area contributed by atoms with Crippen LogP contribution in [0.2, 0.25) is 0 Å². The van der Waals surface area contributed by atoms with Crippen molar-refractivity contribution in [2.75, 3.05) is 13.1 Å². The molecule has 0 spiro atoms. The molecule has 3 heteroatoms. The number of nitrogens with one attached hydrogen (secondary N) is 2. The normalized spacial score (nSPS) is 32.1. The second kappa shape index (κ2) is 6.58. The van der Waals surface area contributed by atoms with E-state index in [1.54, 1.807) is 0 Å². The van der Waals surface area contributed by atoms with E-state index in [9.17, 15) is 5.11 Å². The molecule has 3 nitrogen and oxygen atoms in total. The van der Waals surface area contributed by atoms with Crippen LogP contribution in [0.1, 0.15) is 40.5 Å². The molecule has 5 unspecified atom stereocenters. The minimum Gasteiger partial charge on any atom is -0.393 e. The van der Waals surface area contributed by atoms with Crippen LogP contribution in [-0.4, -0.2) is 36.4 Å². The van der Waals surface area contributed by atoms with E-state index in [4.69, 9.17) is 0 Å². The first-order valence-corrected chi connectivity index (χ1v) is 6.74. The Hall–Kier alpha value is -0.120. The zero-order valence-electron chi connectivity index (χ0n) is 11.2. The van der Waals surface area contributed by atoms with Gasteiger partial charge >= 0.3 is 0 Å². The zero-order chi connectivity index (χ0) is 12.1. The van der Waals surface area contributed by atoms with Crippen LogP contribution in [0.4, 0.5) is 0 Å². The van der Waals surface area contributed by atoms with Crippen LogP contribution < -0.4 is 10.6 Å². The molecule has 0 amide bonds. The first-order chi connectivity index (χ1) is 7.60. The number of aliphatic hydroxyl groups is 1. The van der Waals surface area contributed by atoms with E-state index in [0.29, 0.717) is 23.9 Å². The van der Waals surface area contributed by atoms with Gasteiger partial charge < -0.3 is 15.7 Å². The van der Waals surface area contributed by atoms with Gasteiger partial charge in [0.05, 0.1) is 6.10 Å². The number of aliphatic hydroxyl groups excluding tert-OH is 1. The van der Waals surface area contributed by atoms with Gasteiger partial charge in [-0.2, -0.15) is 0 Å². The van der Waals surface area contributed by atoms with E-state index in [1.807, 2.05) is 0 Å². The summed E-state index contributed by atoms with van der Waals surface area (Å²) in [5.74, 6) is 0.942. The lowest BCUT2D eigenvalue weighted by Gasteiger charge is -2.38. The summed E-state index contributed by atoms with van der Waals surface area (Å²) in [6.07, 6.45) is 1.77. The summed E-state index contributed by atoms with van der Waals surface area (Å²) in [6.45, 7) is 10.8. The molecule has 1 rings (SSSR count). The highest BCUT2D eigenvalue weighted by atomic mass is 16.3. The smallest absolute Gasteiger partial charge is 0.0568 e. The Bertz CT molecular complexity index is 190. The lowest BCUT2D eigenvalue weighted by molar-refractivity contribution is 0.0550. The summed E-state index contributed by atoms with van der Waals surface area (Å²) in [7, 11) is 0. The summed E-state index contributed by atoms with van der Waals surface area (Å²) in [5, 5.41) is 17.1. The minimum absolute atomic E-state index is 0.152. The fourth-order valence-corrected chi connectivity index (χ4v) is 2.77. The van der Waals surface area contributed by atoms with E-state index in [-0.39, 0.29) is 6.10 Å². The van der Waals surface area contributed by atoms with Crippen molar-refractivity contribution in [1.29, 1.82) is 0 Å². The predicted molar refractivity (Wildman–Crippen MR) is 68.5 cm³/mol. The third kappa shape index (κ3) is 3.44. The summed E-state index contributed by atoms with van der Waals surface area (Å²) >= 11 is 0. The van der Waals surface area contributed by atoms with E-state index in [1.165, 1.54) is 0 Å². The van der Waals surface area contributed by atoms with Gasteiger partial charge in [-0.1, -0.05) is 27.2 Å². The van der Waals surface area contributed by atoms with Crippen LogP contribution in [0, 0.1) is 11.8 Å². The van der Waals surface area contributed by atoms with Crippen molar-refractivity contribution in [2.45, 2.75) is 58.7 Å². The molecule has 0 bridgehead atoms. The zero-order valence-corrected chi connectivity index (χ0v) is 11.2. The molecular weight excluding hydrogens is 200 g/mol. The monoisotopic (exact) mass is 228 g/mol. The number of hydrogen-bond donors (Lipinski definition) is 3. The first-order valence-electron chi connectivity index (χ1n) is 6.74. The quantitative estimate of drug-likeness (QED) is 0.666. The standard InChI is InChI=1S/C13H28N2O/c1-5-11(13(16)6-2)10(4)12-8-14-9(3)7-15-12/h9-16H,5-8H2,1-4H3. The fraction of sp³-hybridized carbons (Fsp3) is 1.00. The Morgan fingerprint density at radius 1 is 1.19 bits per heavy atom. The second-order valence-corrected chi connectivity index (χ2v) is 5.23. The van der Waals surface area contributed by atoms with Gasteiger partial charge in [-0.25, -0.2) is 0 Å². The third-order valence-electron chi connectivity index (χ3n) is 4.07. The molecule has 0 aromatic heterocycles. The molecular formula is C13H28N2O. The molecule has 5 atom stereocenters. The fourth-order valence-electron chi connectivity index (χ4n) is 2.77. The van der Waals surface area contributed by atoms with Gasteiger partial charge in [0.2, 0.25) is 0 Å². The van der Waals surface area contributed by atoms with E-state index < -0.39 is 0 Å². The van der Waals surface area contributed by atoms with Crippen molar-refractivity contribution in [1.82, 2.24) is 10.6 Å². The molecule has 3 N–H and O–H groups in total. The lowest BCUT2D eigenvalue weighted by Crippen LogP contribution is -2.57. The molecule has 0 aromatic rings. The predicted octanol–water partition coefficient (Wildman–Crippen LogP) is 1.37. The van der Waals surface area contributed by atoms with E-state index in [2.05, 4.69) is 38.3 Å². The highest BCUT2D eigenvalue weighted by molar-refractivity contribution is 4.88. The molecule has 0 aliphatic carbocycles. The number of rotatable bonds is 5. The topological polar surface area (TPSA) is 44.3 Å². The molecule has 1 saturated heterocycles. The summed E-state index contributed by atoms with van der Waals surface area (Å²) < 4.78 is 0. The van der Waals surface area contributed by atoms with Crippen LogP contribution in [0.3, 0.4) is 0 Å². The van der Waals surface area contributed by atoms with Gasteiger partial charge in [-0.15, -0.1) is 0 Å². The molecule has 16 heavy (non-hydrogen) atoms. The third-order valence-corrected chi connectivity index (χ3v) is 4.07. The molecule has 0 radical (unpaired) electrons. The molecule has 0 aromatic carbocycles. The summed E-state index contributed by atoms with van der Waals surface area (Å²) in [4.78, 5) is 0. The van der Waals surface area contributed by atoms with Crippen molar-refractivity contribution in [2.24, 2.45) is 11.8 Å². The molecule has 1 heterocycles. The average Bonchev–Trinajstić information content (AvgIpc) is 2.30. The minimum atomic E-state index is -0.152. The number of hydrogen-bond acceptors (Lipinski definition) is 3. The van der Waals surface area contributed by atoms with Crippen LogP contribution in [0.5, 0.6) is 0 Å². The Morgan fingerprint density at radius 3 is 2.31 bits per heavy atom. The molecule has 0 saturated carbocycles. The Labute approximate surface area is 100 Å². The van der Waals surface area contributed by atoms with Crippen molar-refractivity contribution in [3.8, 4) is 0 Å². The van der Waals surface area contributed by atoms with Crippen molar-refractivity contribution < 1.29 is 5.11 Å². The highest BCUT2D eigenvalue weighted by Gasteiger charge is 2.30. The SMILES string of the molecule is CCC(O)C(CC)C(C)C1CNC(C)CN1. The van der Waals surface area contributed by atoms with Crippen molar-refractivity contribution in [3.05, 3.63) is 0 Å². The Morgan fingerprint density at radius 2 is 1.88 bits per heavy atom. The van der Waals surface area contributed by atoms with Gasteiger partial charge in [0.25, 0.3) is 0 Å². The lowest BCUT2D eigenvalue weighted by atomic mass is 9.80. The largest absolute Gasteiger partial charge is 0.393 e. The van der Waals surface area contributed by atoms with Gasteiger partial charge in [-0.3, -0.25) is 0 Å². The maximum absolute atomic E-state index is 10.0. The maximum atomic E-state index is 10.0. The molecule has 1 aliphatic heterocycles. The van der Waals surface area contributed by atoms with Crippen molar-refractivity contribution >= 4 is 0 Å². The maximum Gasteiger partial charge on any atom is 0.0568 e. The highest BCUT2D eigenvalue weighted by Crippen LogP contribution is 2.25. The molecule has 96 valence electrons. The Kier molecular flexibility index (Phi) is 5.73. The Balaban J connectivity index is 2.50. The van der Waals surface area contributed by atoms with Crippen LogP contribution in [-0.2, 0) is 0 Å². The van der Waals surface area contributed by atoms with Crippen LogP contribution in [0.15, 0.2) is 0 Å².